The lowest BCUT2D eigenvalue weighted by molar-refractivity contribution is -0.126. The highest BCUT2D eigenvalue weighted by molar-refractivity contribution is 5.95. The molecular formula is C11H14N2O4. The van der Waals surface area contributed by atoms with Crippen molar-refractivity contribution in [2.75, 3.05) is 0 Å². The van der Waals surface area contributed by atoms with E-state index in [0.717, 1.165) is 5.56 Å². The van der Waals surface area contributed by atoms with Crippen molar-refractivity contribution in [3.8, 4) is 11.5 Å². The van der Waals surface area contributed by atoms with Gasteiger partial charge in [-0.3, -0.25) is 10.1 Å². The van der Waals surface area contributed by atoms with E-state index in [1.54, 1.807) is 19.1 Å². The zero-order valence-corrected chi connectivity index (χ0v) is 9.56. The average molecular weight is 238 g/mol. The molecule has 0 aromatic heterocycles. The summed E-state index contributed by atoms with van der Waals surface area (Å²) < 4.78 is 5.26. The lowest BCUT2D eigenvalue weighted by Crippen LogP contribution is -2.42. The zero-order chi connectivity index (χ0) is 13.0. The molecule has 0 saturated heterocycles. The van der Waals surface area contributed by atoms with Gasteiger partial charge in [0.05, 0.1) is 0 Å². The predicted molar refractivity (Wildman–Crippen MR) is 60.7 cm³/mol. The molecule has 6 heteroatoms. The van der Waals surface area contributed by atoms with Gasteiger partial charge >= 0.3 is 6.03 Å². The smallest absolute Gasteiger partial charge is 0.318 e. The number of primary amides is 1. The van der Waals surface area contributed by atoms with Crippen molar-refractivity contribution in [2.24, 2.45) is 5.73 Å². The summed E-state index contributed by atoms with van der Waals surface area (Å²) in [7, 11) is 0. The van der Waals surface area contributed by atoms with Crippen LogP contribution in [-0.2, 0) is 4.79 Å². The van der Waals surface area contributed by atoms with Crippen molar-refractivity contribution in [1.29, 1.82) is 0 Å². The van der Waals surface area contributed by atoms with E-state index in [1.807, 2.05) is 5.32 Å². The second kappa shape index (κ2) is 5.20. The topological polar surface area (TPSA) is 102 Å². The van der Waals surface area contributed by atoms with Crippen molar-refractivity contribution in [1.82, 2.24) is 5.32 Å². The molecule has 0 aliphatic rings. The van der Waals surface area contributed by atoms with Gasteiger partial charge in [0.2, 0.25) is 0 Å². The number of imide groups is 1. The highest BCUT2D eigenvalue weighted by Gasteiger charge is 2.16. The standard InChI is InChI=1S/C11H14N2O4/c1-6-3-8(14)5-9(4-6)17-7(2)10(15)13-11(12)16/h3-5,7,14H,1-2H3,(H3,12,13,15,16). The summed E-state index contributed by atoms with van der Waals surface area (Å²) in [6.07, 6.45) is -0.885. The minimum atomic E-state index is -0.933. The van der Waals surface area contributed by atoms with E-state index in [0.29, 0.717) is 5.75 Å². The Morgan fingerprint density at radius 2 is 2.06 bits per heavy atom. The van der Waals surface area contributed by atoms with Gasteiger partial charge in [-0.15, -0.1) is 0 Å². The number of amides is 3. The number of urea groups is 1. The van der Waals surface area contributed by atoms with Crippen LogP contribution in [0.3, 0.4) is 0 Å². The summed E-state index contributed by atoms with van der Waals surface area (Å²) >= 11 is 0. The highest BCUT2D eigenvalue weighted by atomic mass is 16.5. The van der Waals surface area contributed by atoms with E-state index in [2.05, 4.69) is 0 Å². The molecule has 0 fully saturated rings. The number of nitrogens with one attached hydrogen (secondary N) is 1. The highest BCUT2D eigenvalue weighted by Crippen LogP contribution is 2.22. The van der Waals surface area contributed by atoms with Gasteiger partial charge in [0.15, 0.2) is 6.10 Å². The number of carbonyl (C=O) groups excluding carboxylic acids is 2. The predicted octanol–water partition coefficient (Wildman–Crippen LogP) is 0.663. The number of carbonyl (C=O) groups is 2. The minimum absolute atomic E-state index is 0.0440. The maximum Gasteiger partial charge on any atom is 0.318 e. The summed E-state index contributed by atoms with van der Waals surface area (Å²) in [5.74, 6) is -0.254. The second-order valence-corrected chi connectivity index (χ2v) is 3.62. The van der Waals surface area contributed by atoms with Crippen LogP contribution in [0.1, 0.15) is 12.5 Å². The van der Waals surface area contributed by atoms with Crippen LogP contribution in [0.4, 0.5) is 4.79 Å². The molecule has 3 amide bonds. The Kier molecular flexibility index (Phi) is 3.92. The summed E-state index contributed by atoms with van der Waals surface area (Å²) in [6.45, 7) is 3.25. The van der Waals surface area contributed by atoms with Gasteiger partial charge in [0.1, 0.15) is 11.5 Å². The third-order valence-electron chi connectivity index (χ3n) is 1.96. The molecule has 0 radical (unpaired) electrons. The van der Waals surface area contributed by atoms with E-state index in [9.17, 15) is 14.7 Å². The molecule has 1 aromatic carbocycles. The van der Waals surface area contributed by atoms with Gasteiger partial charge in [-0.2, -0.15) is 0 Å². The lowest BCUT2D eigenvalue weighted by atomic mass is 10.2. The first-order valence-corrected chi connectivity index (χ1v) is 4.96. The molecule has 0 aliphatic heterocycles. The molecule has 0 saturated carbocycles. The number of phenols is 1. The van der Waals surface area contributed by atoms with Gasteiger partial charge < -0.3 is 15.6 Å². The van der Waals surface area contributed by atoms with Crippen LogP contribution < -0.4 is 15.8 Å². The fourth-order valence-corrected chi connectivity index (χ4v) is 1.28. The SMILES string of the molecule is Cc1cc(O)cc(OC(C)C(=O)NC(N)=O)c1. The van der Waals surface area contributed by atoms with Gasteiger partial charge in [0, 0.05) is 6.07 Å². The number of aromatic hydroxyl groups is 1. The summed E-state index contributed by atoms with van der Waals surface area (Å²) in [6, 6.07) is 3.66. The molecular weight excluding hydrogens is 224 g/mol. The third-order valence-corrected chi connectivity index (χ3v) is 1.96. The fourth-order valence-electron chi connectivity index (χ4n) is 1.28. The van der Waals surface area contributed by atoms with Crippen molar-refractivity contribution in [3.05, 3.63) is 23.8 Å². The zero-order valence-electron chi connectivity index (χ0n) is 9.56. The van der Waals surface area contributed by atoms with Crippen LogP contribution in [0.15, 0.2) is 18.2 Å². The van der Waals surface area contributed by atoms with Gasteiger partial charge in [-0.1, -0.05) is 0 Å². The second-order valence-electron chi connectivity index (χ2n) is 3.62. The Bertz CT molecular complexity index is 425. The first-order chi connectivity index (χ1) is 7.88. The largest absolute Gasteiger partial charge is 0.508 e. The molecule has 0 heterocycles. The maximum absolute atomic E-state index is 11.3. The Hall–Kier alpha value is -2.24. The first kappa shape index (κ1) is 12.8. The lowest BCUT2D eigenvalue weighted by Gasteiger charge is -2.14. The van der Waals surface area contributed by atoms with Gasteiger partial charge in [0.25, 0.3) is 5.91 Å². The maximum atomic E-state index is 11.3. The number of phenolic OH excluding ortho intramolecular Hbond substituents is 1. The van der Waals surface area contributed by atoms with E-state index < -0.39 is 18.0 Å². The van der Waals surface area contributed by atoms with E-state index in [1.165, 1.54) is 13.0 Å². The van der Waals surface area contributed by atoms with Gasteiger partial charge in [-0.25, -0.2) is 4.79 Å². The molecule has 1 rings (SSSR count). The first-order valence-electron chi connectivity index (χ1n) is 4.96. The van der Waals surface area contributed by atoms with Crippen molar-refractivity contribution < 1.29 is 19.4 Å². The molecule has 0 bridgehead atoms. The Labute approximate surface area is 98.4 Å². The fraction of sp³-hybridized carbons (Fsp3) is 0.273. The number of benzene rings is 1. The normalized spacial score (nSPS) is 11.6. The Balaban J connectivity index is 2.70. The summed E-state index contributed by atoms with van der Waals surface area (Å²) in [5.41, 5.74) is 5.60. The average Bonchev–Trinajstić information content (AvgIpc) is 2.14. The molecule has 4 N–H and O–H groups in total. The Morgan fingerprint density at radius 1 is 1.41 bits per heavy atom. The van der Waals surface area contributed by atoms with E-state index >= 15 is 0 Å². The number of aryl methyl sites for hydroxylation is 1. The van der Waals surface area contributed by atoms with Crippen LogP contribution in [-0.4, -0.2) is 23.1 Å². The van der Waals surface area contributed by atoms with Crippen LogP contribution in [0.5, 0.6) is 11.5 Å². The quantitative estimate of drug-likeness (QED) is 0.720. The van der Waals surface area contributed by atoms with Crippen molar-refractivity contribution in [2.45, 2.75) is 20.0 Å². The third kappa shape index (κ3) is 4.02. The molecule has 0 spiro atoms. The van der Waals surface area contributed by atoms with Crippen LogP contribution in [0.2, 0.25) is 0 Å². The monoisotopic (exact) mass is 238 g/mol. The van der Waals surface area contributed by atoms with Gasteiger partial charge in [-0.05, 0) is 31.5 Å². The minimum Gasteiger partial charge on any atom is -0.508 e. The summed E-state index contributed by atoms with van der Waals surface area (Å²) in [5, 5.41) is 11.2. The Morgan fingerprint density at radius 3 is 2.59 bits per heavy atom. The number of ether oxygens (including phenoxy) is 1. The molecule has 1 atom stereocenters. The van der Waals surface area contributed by atoms with Crippen LogP contribution >= 0.6 is 0 Å². The number of rotatable bonds is 3. The molecule has 0 aliphatic carbocycles. The van der Waals surface area contributed by atoms with Crippen molar-refractivity contribution >= 4 is 11.9 Å². The van der Waals surface area contributed by atoms with E-state index in [-0.39, 0.29) is 5.75 Å². The van der Waals surface area contributed by atoms with Crippen molar-refractivity contribution in [3.63, 3.8) is 0 Å². The summed E-state index contributed by atoms with van der Waals surface area (Å²) in [4.78, 5) is 21.8. The molecule has 1 unspecified atom stereocenters. The molecule has 92 valence electrons. The van der Waals surface area contributed by atoms with E-state index in [4.69, 9.17) is 10.5 Å². The van der Waals surface area contributed by atoms with Crippen LogP contribution in [0, 0.1) is 6.92 Å². The number of hydrogen-bond acceptors (Lipinski definition) is 4. The molecule has 17 heavy (non-hydrogen) atoms. The van der Waals surface area contributed by atoms with Crippen LogP contribution in [0.25, 0.3) is 0 Å². The molecule has 6 nitrogen and oxygen atoms in total. The molecule has 1 aromatic rings. The number of nitrogens with two attached hydrogens (primary N) is 1. The number of hydrogen-bond donors (Lipinski definition) is 3.